The lowest BCUT2D eigenvalue weighted by Gasteiger charge is -2.14. The summed E-state index contributed by atoms with van der Waals surface area (Å²) < 4.78 is 5.13. The monoisotopic (exact) mass is 286 g/mol. The number of nitrogens with zero attached hydrogens (tertiary/aromatic N) is 1. The van der Waals surface area contributed by atoms with Crippen LogP contribution in [0.2, 0.25) is 0 Å². The molecule has 5 nitrogen and oxygen atoms in total. The molecule has 1 heterocycles. The Bertz CT molecular complexity index is 611. The van der Waals surface area contributed by atoms with Gasteiger partial charge in [0.2, 0.25) is 0 Å². The lowest BCUT2D eigenvalue weighted by Crippen LogP contribution is -2.19. The summed E-state index contributed by atoms with van der Waals surface area (Å²) >= 11 is 0. The number of carbonyl (C=O) groups is 1. The molecule has 0 aliphatic heterocycles. The van der Waals surface area contributed by atoms with Crippen molar-refractivity contribution in [2.75, 3.05) is 7.11 Å². The zero-order valence-electron chi connectivity index (χ0n) is 12.0. The minimum atomic E-state index is -1.01. The van der Waals surface area contributed by atoms with Crippen LogP contribution in [-0.4, -0.2) is 23.2 Å². The Morgan fingerprint density at radius 1 is 1.29 bits per heavy atom. The van der Waals surface area contributed by atoms with Crippen LogP contribution in [0.1, 0.15) is 34.7 Å². The second-order valence-corrected chi connectivity index (χ2v) is 4.70. The number of hydrogen-bond acceptors (Lipinski definition) is 4. The molecule has 0 amide bonds. The number of rotatable bonds is 6. The normalized spacial score (nSPS) is 11.9. The van der Waals surface area contributed by atoms with Crippen molar-refractivity contribution >= 4 is 5.97 Å². The molecule has 5 heteroatoms. The molecule has 0 unspecified atom stereocenters. The lowest BCUT2D eigenvalue weighted by atomic mass is 10.1. The van der Waals surface area contributed by atoms with E-state index >= 15 is 0 Å². The van der Waals surface area contributed by atoms with Gasteiger partial charge in [0.25, 0.3) is 0 Å². The van der Waals surface area contributed by atoms with E-state index in [0.717, 1.165) is 11.3 Å². The number of methoxy groups -OCH3 is 1. The zero-order valence-corrected chi connectivity index (χ0v) is 12.0. The van der Waals surface area contributed by atoms with Crippen LogP contribution in [-0.2, 0) is 6.54 Å². The van der Waals surface area contributed by atoms with Gasteiger partial charge in [0.15, 0.2) is 0 Å². The second kappa shape index (κ2) is 6.85. The predicted octanol–water partition coefficient (Wildman–Crippen LogP) is 2.64. The van der Waals surface area contributed by atoms with Crippen molar-refractivity contribution in [2.45, 2.75) is 19.5 Å². The van der Waals surface area contributed by atoms with Crippen molar-refractivity contribution in [2.24, 2.45) is 0 Å². The van der Waals surface area contributed by atoms with Gasteiger partial charge in [-0.25, -0.2) is 9.78 Å². The van der Waals surface area contributed by atoms with E-state index in [1.54, 1.807) is 19.2 Å². The van der Waals surface area contributed by atoms with Crippen LogP contribution in [0.3, 0.4) is 0 Å². The average molecular weight is 286 g/mol. The Hall–Kier alpha value is -2.40. The van der Waals surface area contributed by atoms with Gasteiger partial charge in [0.05, 0.1) is 12.8 Å². The van der Waals surface area contributed by atoms with Crippen LogP contribution in [0.4, 0.5) is 0 Å². The highest BCUT2D eigenvalue weighted by Gasteiger charge is 2.08. The molecular weight excluding hydrogens is 268 g/mol. The maximum absolute atomic E-state index is 10.9. The van der Waals surface area contributed by atoms with Crippen molar-refractivity contribution in [3.05, 3.63) is 59.4 Å². The van der Waals surface area contributed by atoms with Gasteiger partial charge in [0, 0.05) is 12.6 Å². The van der Waals surface area contributed by atoms with Crippen LogP contribution < -0.4 is 10.1 Å². The number of nitrogens with one attached hydrogen (secondary N) is 1. The van der Waals surface area contributed by atoms with Crippen molar-refractivity contribution in [3.8, 4) is 5.75 Å². The number of aromatic nitrogens is 1. The fraction of sp³-hybridized carbons (Fsp3) is 0.250. The highest BCUT2D eigenvalue weighted by atomic mass is 16.5. The van der Waals surface area contributed by atoms with Crippen molar-refractivity contribution < 1.29 is 14.6 Å². The number of ether oxygens (including phenoxy) is 1. The first-order chi connectivity index (χ1) is 10.1. The molecule has 0 bridgehead atoms. The van der Waals surface area contributed by atoms with E-state index in [1.165, 1.54) is 6.07 Å². The summed E-state index contributed by atoms with van der Waals surface area (Å²) in [5.74, 6) is -0.193. The van der Waals surface area contributed by atoms with E-state index in [2.05, 4.69) is 10.3 Å². The van der Waals surface area contributed by atoms with Gasteiger partial charge in [-0.1, -0.05) is 18.2 Å². The number of carboxylic acid groups (broad SMARTS) is 1. The molecule has 2 rings (SSSR count). The fourth-order valence-electron chi connectivity index (χ4n) is 1.97. The molecule has 0 spiro atoms. The van der Waals surface area contributed by atoms with Gasteiger partial charge < -0.3 is 15.2 Å². The van der Waals surface area contributed by atoms with E-state index in [0.29, 0.717) is 12.2 Å². The molecule has 0 saturated heterocycles. The standard InChI is InChI=1S/C16H18N2O3/c1-11(12-6-8-14(21-2)9-7-12)17-10-13-4-3-5-15(18-13)16(19)20/h3-9,11,17H,10H2,1-2H3,(H,19,20)/t11-/m1/s1. The molecule has 0 radical (unpaired) electrons. The van der Waals surface area contributed by atoms with Crippen molar-refractivity contribution in [1.29, 1.82) is 0 Å². The van der Waals surface area contributed by atoms with Crippen LogP contribution in [0, 0.1) is 0 Å². The molecule has 0 aliphatic carbocycles. The third-order valence-corrected chi connectivity index (χ3v) is 3.23. The van der Waals surface area contributed by atoms with Gasteiger partial charge in [-0.05, 0) is 36.8 Å². The summed E-state index contributed by atoms with van der Waals surface area (Å²) in [5, 5.41) is 12.2. The first kappa shape index (κ1) is 15.0. The van der Waals surface area contributed by atoms with Gasteiger partial charge in [-0.15, -0.1) is 0 Å². The molecule has 2 aromatic rings. The average Bonchev–Trinajstić information content (AvgIpc) is 2.53. The van der Waals surface area contributed by atoms with E-state index in [9.17, 15) is 4.79 Å². The van der Waals surface area contributed by atoms with Crippen LogP contribution >= 0.6 is 0 Å². The third-order valence-electron chi connectivity index (χ3n) is 3.23. The summed E-state index contributed by atoms with van der Waals surface area (Å²) in [6, 6.07) is 12.9. The maximum Gasteiger partial charge on any atom is 0.354 e. The largest absolute Gasteiger partial charge is 0.497 e. The molecule has 1 aromatic carbocycles. The summed E-state index contributed by atoms with van der Waals surface area (Å²) in [4.78, 5) is 15.0. The highest BCUT2D eigenvalue weighted by molar-refractivity contribution is 5.85. The molecule has 0 saturated carbocycles. The van der Waals surface area contributed by atoms with E-state index < -0.39 is 5.97 Å². The van der Waals surface area contributed by atoms with E-state index in [1.807, 2.05) is 31.2 Å². The molecule has 2 N–H and O–H groups in total. The number of carboxylic acids is 1. The Labute approximate surface area is 123 Å². The summed E-state index contributed by atoms with van der Waals surface area (Å²) in [5.41, 5.74) is 1.90. The predicted molar refractivity (Wildman–Crippen MR) is 79.4 cm³/mol. The van der Waals surface area contributed by atoms with Gasteiger partial charge in [-0.3, -0.25) is 0 Å². The fourth-order valence-corrected chi connectivity index (χ4v) is 1.97. The minimum Gasteiger partial charge on any atom is -0.497 e. The van der Waals surface area contributed by atoms with Crippen molar-refractivity contribution in [1.82, 2.24) is 10.3 Å². The van der Waals surface area contributed by atoms with Gasteiger partial charge in [0.1, 0.15) is 11.4 Å². The summed E-state index contributed by atoms with van der Waals surface area (Å²) in [6.07, 6.45) is 0. The Morgan fingerprint density at radius 2 is 2.00 bits per heavy atom. The Kier molecular flexibility index (Phi) is 4.90. The van der Waals surface area contributed by atoms with Gasteiger partial charge >= 0.3 is 5.97 Å². The number of hydrogen-bond donors (Lipinski definition) is 2. The maximum atomic E-state index is 10.9. The van der Waals surface area contributed by atoms with Crippen LogP contribution in [0.15, 0.2) is 42.5 Å². The Balaban J connectivity index is 1.98. The molecule has 110 valence electrons. The molecule has 21 heavy (non-hydrogen) atoms. The SMILES string of the molecule is COc1ccc([C@@H](C)NCc2cccc(C(=O)O)n2)cc1. The summed E-state index contributed by atoms with van der Waals surface area (Å²) in [7, 11) is 1.64. The third kappa shape index (κ3) is 4.03. The molecule has 0 fully saturated rings. The molecule has 1 atom stereocenters. The quantitative estimate of drug-likeness (QED) is 0.854. The van der Waals surface area contributed by atoms with Crippen molar-refractivity contribution in [3.63, 3.8) is 0 Å². The highest BCUT2D eigenvalue weighted by Crippen LogP contribution is 2.17. The van der Waals surface area contributed by atoms with E-state index in [-0.39, 0.29) is 11.7 Å². The first-order valence-electron chi connectivity index (χ1n) is 6.66. The van der Waals surface area contributed by atoms with Crippen LogP contribution in [0.25, 0.3) is 0 Å². The second-order valence-electron chi connectivity index (χ2n) is 4.70. The summed E-state index contributed by atoms with van der Waals surface area (Å²) in [6.45, 7) is 2.55. The molecular formula is C16H18N2O3. The lowest BCUT2D eigenvalue weighted by molar-refractivity contribution is 0.0690. The molecule has 1 aromatic heterocycles. The van der Waals surface area contributed by atoms with Crippen LogP contribution in [0.5, 0.6) is 5.75 Å². The van der Waals surface area contributed by atoms with E-state index in [4.69, 9.17) is 9.84 Å². The first-order valence-corrected chi connectivity index (χ1v) is 6.66. The molecule has 0 aliphatic rings. The number of pyridine rings is 1. The number of benzene rings is 1. The minimum absolute atomic E-state index is 0.0615. The Morgan fingerprint density at radius 3 is 2.62 bits per heavy atom. The zero-order chi connectivity index (χ0) is 15.2. The number of aromatic carboxylic acids is 1. The smallest absolute Gasteiger partial charge is 0.354 e. The topological polar surface area (TPSA) is 71.5 Å². The van der Waals surface area contributed by atoms with Gasteiger partial charge in [-0.2, -0.15) is 0 Å².